The van der Waals surface area contributed by atoms with Crippen molar-refractivity contribution in [2.45, 2.75) is 32.4 Å². The van der Waals surface area contributed by atoms with Crippen molar-refractivity contribution >= 4 is 17.5 Å². The Morgan fingerprint density at radius 1 is 0.964 bits per heavy atom. The molecule has 0 radical (unpaired) electrons. The Labute approximate surface area is 164 Å². The van der Waals surface area contributed by atoms with Crippen LogP contribution in [0.15, 0.2) is 60.9 Å². The van der Waals surface area contributed by atoms with Gasteiger partial charge < -0.3 is 9.80 Å². The van der Waals surface area contributed by atoms with Crippen LogP contribution >= 0.6 is 0 Å². The maximum Gasteiger partial charge on any atom is 0.261 e. The van der Waals surface area contributed by atoms with Crippen LogP contribution in [0.4, 0.5) is 11.6 Å². The van der Waals surface area contributed by atoms with Crippen LogP contribution in [-0.2, 0) is 19.4 Å². The third kappa shape index (κ3) is 2.83. The fourth-order valence-electron chi connectivity index (χ4n) is 4.28. The topological polar surface area (TPSA) is 49.3 Å². The molecule has 0 fully saturated rings. The molecule has 1 atom stereocenters. The summed E-state index contributed by atoms with van der Waals surface area (Å²) < 4.78 is 0. The third-order valence-corrected chi connectivity index (χ3v) is 5.72. The second-order valence-electron chi connectivity index (χ2n) is 7.57. The quantitative estimate of drug-likeness (QED) is 0.691. The molecule has 0 saturated heterocycles. The minimum Gasteiger partial charge on any atom is -0.336 e. The van der Waals surface area contributed by atoms with E-state index in [0.29, 0.717) is 11.5 Å². The molecule has 1 aromatic heterocycles. The number of hydrogen-bond acceptors (Lipinski definition) is 4. The van der Waals surface area contributed by atoms with Crippen LogP contribution in [0.3, 0.4) is 0 Å². The molecule has 3 aromatic rings. The Morgan fingerprint density at radius 2 is 1.64 bits per heavy atom. The SMILES string of the molecule is CC1Cc2ccccc2N1C(=O)c1cnc(N2CCc3ccccc3C2)nc1. The molecule has 2 aromatic carbocycles. The van der Waals surface area contributed by atoms with Gasteiger partial charge in [-0.15, -0.1) is 0 Å². The first-order valence-electron chi connectivity index (χ1n) is 9.76. The van der Waals surface area contributed by atoms with Crippen LogP contribution in [0.1, 0.15) is 34.0 Å². The van der Waals surface area contributed by atoms with Gasteiger partial charge in [0.2, 0.25) is 5.95 Å². The van der Waals surface area contributed by atoms with Crippen molar-refractivity contribution in [3.63, 3.8) is 0 Å². The number of anilines is 2. The average Bonchev–Trinajstić information content (AvgIpc) is 3.08. The number of para-hydroxylation sites is 1. The van der Waals surface area contributed by atoms with E-state index < -0.39 is 0 Å². The lowest BCUT2D eigenvalue weighted by Gasteiger charge is -2.29. The summed E-state index contributed by atoms with van der Waals surface area (Å²) in [5.74, 6) is 0.647. The largest absolute Gasteiger partial charge is 0.336 e. The van der Waals surface area contributed by atoms with Gasteiger partial charge in [-0.05, 0) is 42.5 Å². The number of aromatic nitrogens is 2. The van der Waals surface area contributed by atoms with Gasteiger partial charge in [0.1, 0.15) is 0 Å². The normalized spacial score (nSPS) is 18.0. The van der Waals surface area contributed by atoms with Crippen molar-refractivity contribution < 1.29 is 4.79 Å². The second-order valence-corrected chi connectivity index (χ2v) is 7.57. The van der Waals surface area contributed by atoms with Crippen molar-refractivity contribution in [1.29, 1.82) is 0 Å². The molecule has 3 heterocycles. The highest BCUT2D eigenvalue weighted by Gasteiger charge is 2.31. The number of amides is 1. The molecule has 1 unspecified atom stereocenters. The first kappa shape index (κ1) is 16.9. The summed E-state index contributed by atoms with van der Waals surface area (Å²) in [5, 5.41) is 0. The van der Waals surface area contributed by atoms with Crippen molar-refractivity contribution in [2.24, 2.45) is 0 Å². The lowest BCUT2D eigenvalue weighted by atomic mass is 10.0. The monoisotopic (exact) mass is 370 g/mol. The zero-order valence-corrected chi connectivity index (χ0v) is 15.9. The molecule has 1 amide bonds. The van der Waals surface area contributed by atoms with Crippen LogP contribution < -0.4 is 9.80 Å². The molecule has 140 valence electrons. The standard InChI is InChI=1S/C23H22N4O/c1-16-12-18-7-4-5-9-21(18)27(16)22(28)20-13-24-23(25-14-20)26-11-10-17-6-2-3-8-19(17)15-26/h2-9,13-14,16H,10-12,15H2,1H3. The molecule has 0 aliphatic carbocycles. The third-order valence-electron chi connectivity index (χ3n) is 5.72. The number of carbonyl (C=O) groups excluding carboxylic acids is 1. The van der Waals surface area contributed by atoms with E-state index in [2.05, 4.69) is 52.1 Å². The van der Waals surface area contributed by atoms with Crippen LogP contribution in [0.5, 0.6) is 0 Å². The van der Waals surface area contributed by atoms with E-state index in [4.69, 9.17) is 0 Å². The molecule has 2 aliphatic rings. The molecule has 2 aliphatic heterocycles. The van der Waals surface area contributed by atoms with Gasteiger partial charge in [-0.3, -0.25) is 4.79 Å². The number of carbonyl (C=O) groups is 1. The van der Waals surface area contributed by atoms with Crippen molar-refractivity contribution in [3.05, 3.63) is 83.2 Å². The highest BCUT2D eigenvalue weighted by atomic mass is 16.2. The summed E-state index contributed by atoms with van der Waals surface area (Å²) in [4.78, 5) is 26.2. The van der Waals surface area contributed by atoms with Crippen LogP contribution in [0, 0.1) is 0 Å². The average molecular weight is 370 g/mol. The van der Waals surface area contributed by atoms with Crippen molar-refractivity contribution in [2.75, 3.05) is 16.3 Å². The Bertz CT molecular complexity index is 1030. The summed E-state index contributed by atoms with van der Waals surface area (Å²) >= 11 is 0. The van der Waals surface area contributed by atoms with E-state index in [1.807, 2.05) is 23.1 Å². The van der Waals surface area contributed by atoms with Crippen LogP contribution in [0.2, 0.25) is 0 Å². The zero-order valence-electron chi connectivity index (χ0n) is 15.9. The van der Waals surface area contributed by atoms with Gasteiger partial charge in [0.05, 0.1) is 5.56 Å². The van der Waals surface area contributed by atoms with Gasteiger partial charge in [0.15, 0.2) is 0 Å². The molecule has 5 nitrogen and oxygen atoms in total. The molecule has 28 heavy (non-hydrogen) atoms. The highest BCUT2D eigenvalue weighted by Crippen LogP contribution is 2.33. The predicted molar refractivity (Wildman–Crippen MR) is 110 cm³/mol. The minimum atomic E-state index is -0.0343. The van der Waals surface area contributed by atoms with E-state index >= 15 is 0 Å². The van der Waals surface area contributed by atoms with Crippen molar-refractivity contribution in [1.82, 2.24) is 9.97 Å². The molecule has 0 saturated carbocycles. The molecule has 0 spiro atoms. The molecular formula is C23H22N4O. The van der Waals surface area contributed by atoms with Gasteiger partial charge in [0, 0.05) is 37.2 Å². The number of rotatable bonds is 2. The number of nitrogens with zero attached hydrogens (tertiary/aromatic N) is 4. The number of benzene rings is 2. The Kier molecular flexibility index (Phi) is 4.08. The van der Waals surface area contributed by atoms with Gasteiger partial charge in [0.25, 0.3) is 5.91 Å². The van der Waals surface area contributed by atoms with Gasteiger partial charge in [-0.25, -0.2) is 9.97 Å². The summed E-state index contributed by atoms with van der Waals surface area (Å²) in [6, 6.07) is 16.7. The predicted octanol–water partition coefficient (Wildman–Crippen LogP) is 3.63. The fourth-order valence-corrected chi connectivity index (χ4v) is 4.28. The molecule has 5 rings (SSSR count). The second kappa shape index (κ2) is 6.75. The Balaban J connectivity index is 1.37. The molecule has 0 bridgehead atoms. The Hall–Kier alpha value is -3.21. The number of fused-ring (bicyclic) bond motifs is 2. The summed E-state index contributed by atoms with van der Waals surface area (Å²) in [6.45, 7) is 3.78. The molecular weight excluding hydrogens is 348 g/mol. The first-order valence-corrected chi connectivity index (χ1v) is 9.76. The molecule has 5 heteroatoms. The highest BCUT2D eigenvalue weighted by molar-refractivity contribution is 6.07. The first-order chi connectivity index (χ1) is 13.7. The molecule has 0 N–H and O–H groups in total. The van der Waals surface area contributed by atoms with Gasteiger partial charge in [-0.1, -0.05) is 42.5 Å². The summed E-state index contributed by atoms with van der Waals surface area (Å²) in [7, 11) is 0. The van der Waals surface area contributed by atoms with E-state index in [-0.39, 0.29) is 11.9 Å². The van der Waals surface area contributed by atoms with E-state index in [0.717, 1.165) is 31.6 Å². The van der Waals surface area contributed by atoms with E-state index in [9.17, 15) is 4.79 Å². The zero-order chi connectivity index (χ0) is 19.1. The lowest BCUT2D eigenvalue weighted by Crippen LogP contribution is -2.36. The van der Waals surface area contributed by atoms with Gasteiger partial charge >= 0.3 is 0 Å². The van der Waals surface area contributed by atoms with Crippen LogP contribution in [-0.4, -0.2) is 28.5 Å². The lowest BCUT2D eigenvalue weighted by molar-refractivity contribution is 0.0981. The van der Waals surface area contributed by atoms with E-state index in [1.165, 1.54) is 16.7 Å². The minimum absolute atomic E-state index is 0.0343. The van der Waals surface area contributed by atoms with Gasteiger partial charge in [-0.2, -0.15) is 0 Å². The fraction of sp³-hybridized carbons (Fsp3) is 0.261. The number of hydrogen-bond donors (Lipinski definition) is 0. The summed E-state index contributed by atoms with van der Waals surface area (Å²) in [6.07, 6.45) is 5.20. The summed E-state index contributed by atoms with van der Waals surface area (Å²) in [5.41, 5.74) is 5.46. The van der Waals surface area contributed by atoms with Crippen molar-refractivity contribution in [3.8, 4) is 0 Å². The maximum atomic E-state index is 13.1. The Morgan fingerprint density at radius 3 is 2.43 bits per heavy atom. The van der Waals surface area contributed by atoms with Crippen LogP contribution in [0.25, 0.3) is 0 Å². The smallest absolute Gasteiger partial charge is 0.261 e. The van der Waals surface area contributed by atoms with E-state index in [1.54, 1.807) is 12.4 Å². The maximum absolute atomic E-state index is 13.1.